The van der Waals surface area contributed by atoms with Crippen molar-refractivity contribution >= 4 is 17.7 Å². The summed E-state index contributed by atoms with van der Waals surface area (Å²) in [5.74, 6) is -0.00823. The van der Waals surface area contributed by atoms with E-state index >= 15 is 0 Å². The molecule has 1 aromatic carbocycles. The quantitative estimate of drug-likeness (QED) is 0.674. The van der Waals surface area contributed by atoms with E-state index in [-0.39, 0.29) is 48.1 Å². The van der Waals surface area contributed by atoms with Crippen molar-refractivity contribution in [3.05, 3.63) is 35.9 Å². The van der Waals surface area contributed by atoms with Gasteiger partial charge in [-0.2, -0.15) is 0 Å². The van der Waals surface area contributed by atoms with E-state index in [9.17, 15) is 14.4 Å². The predicted octanol–water partition coefficient (Wildman–Crippen LogP) is 1.52. The summed E-state index contributed by atoms with van der Waals surface area (Å²) in [5, 5.41) is 6.14. The highest BCUT2D eigenvalue weighted by Crippen LogP contribution is 2.34. The molecular weight excluding hydrogens is 394 g/mol. The van der Waals surface area contributed by atoms with Gasteiger partial charge in [0.2, 0.25) is 17.7 Å². The molecule has 3 atom stereocenters. The van der Waals surface area contributed by atoms with Gasteiger partial charge >= 0.3 is 0 Å². The van der Waals surface area contributed by atoms with Crippen LogP contribution in [0.2, 0.25) is 0 Å². The van der Waals surface area contributed by atoms with Gasteiger partial charge in [0.25, 0.3) is 0 Å². The van der Waals surface area contributed by atoms with Crippen LogP contribution in [0.1, 0.15) is 37.7 Å². The molecule has 2 aliphatic heterocycles. The molecule has 4 rings (SSSR count). The molecule has 31 heavy (non-hydrogen) atoms. The van der Waals surface area contributed by atoms with Crippen LogP contribution in [-0.2, 0) is 25.5 Å². The van der Waals surface area contributed by atoms with Gasteiger partial charge in [-0.25, -0.2) is 0 Å². The lowest BCUT2D eigenvalue weighted by Crippen LogP contribution is -2.43. The van der Waals surface area contributed by atoms with Gasteiger partial charge in [-0.15, -0.1) is 0 Å². The fourth-order valence-corrected chi connectivity index (χ4v) is 5.15. The topological polar surface area (TPSA) is 87.7 Å². The van der Waals surface area contributed by atoms with E-state index in [0.717, 1.165) is 25.7 Å². The molecule has 0 unspecified atom stereocenters. The molecule has 2 N–H and O–H groups in total. The summed E-state index contributed by atoms with van der Waals surface area (Å²) < 4.78 is 5.36. The van der Waals surface area contributed by atoms with Crippen LogP contribution < -0.4 is 10.6 Å². The van der Waals surface area contributed by atoms with Gasteiger partial charge in [0.1, 0.15) is 0 Å². The zero-order valence-corrected chi connectivity index (χ0v) is 18.1. The Morgan fingerprint density at radius 3 is 2.65 bits per heavy atom. The lowest BCUT2D eigenvalue weighted by atomic mass is 9.97. The van der Waals surface area contributed by atoms with Crippen molar-refractivity contribution in [2.24, 2.45) is 17.8 Å². The number of carbonyl (C=O) groups is 3. The molecule has 1 aliphatic carbocycles. The molecule has 2 heterocycles. The average molecular weight is 428 g/mol. The molecular formula is C24H33N3O4. The second-order valence-electron chi connectivity index (χ2n) is 9.09. The van der Waals surface area contributed by atoms with Crippen molar-refractivity contribution in [1.82, 2.24) is 15.5 Å². The Hall–Kier alpha value is -2.41. The number of aryl methyl sites for hydroxylation is 1. The molecule has 3 fully saturated rings. The fraction of sp³-hybridized carbons (Fsp3) is 0.625. The van der Waals surface area contributed by atoms with Crippen molar-refractivity contribution in [2.45, 2.75) is 44.6 Å². The van der Waals surface area contributed by atoms with Gasteiger partial charge in [0.05, 0.1) is 6.54 Å². The van der Waals surface area contributed by atoms with Gasteiger partial charge in [0.15, 0.2) is 0 Å². The largest absolute Gasteiger partial charge is 0.381 e. The number of rotatable bonds is 6. The van der Waals surface area contributed by atoms with Crippen molar-refractivity contribution in [3.8, 4) is 0 Å². The molecule has 0 bridgehead atoms. The number of amides is 3. The molecule has 0 radical (unpaired) electrons. The van der Waals surface area contributed by atoms with Crippen LogP contribution >= 0.6 is 0 Å². The van der Waals surface area contributed by atoms with Crippen LogP contribution in [0.5, 0.6) is 0 Å². The van der Waals surface area contributed by atoms with Crippen LogP contribution in [0.4, 0.5) is 0 Å². The number of nitrogens with one attached hydrogen (secondary N) is 2. The summed E-state index contributed by atoms with van der Waals surface area (Å²) in [5.41, 5.74) is 1.27. The summed E-state index contributed by atoms with van der Waals surface area (Å²) in [7, 11) is 0. The normalized spacial score (nSPS) is 26.6. The van der Waals surface area contributed by atoms with Crippen molar-refractivity contribution in [2.75, 3.05) is 32.8 Å². The third kappa shape index (κ3) is 5.64. The number of carbonyl (C=O) groups excluding carboxylic acids is 3. The minimum atomic E-state index is -0.114. The van der Waals surface area contributed by atoms with Crippen molar-refractivity contribution < 1.29 is 19.1 Å². The van der Waals surface area contributed by atoms with E-state index in [2.05, 4.69) is 22.8 Å². The SMILES string of the molecule is O=C1CN(C(=O)C2CCOCC2)C[C@H]2C[C@H](C(=O)NCCCc3ccccc3)C[C@H]2N1. The fourth-order valence-electron chi connectivity index (χ4n) is 5.15. The number of benzene rings is 1. The van der Waals surface area contributed by atoms with Crippen LogP contribution in [-0.4, -0.2) is 61.5 Å². The molecule has 7 nitrogen and oxygen atoms in total. The van der Waals surface area contributed by atoms with E-state index < -0.39 is 0 Å². The highest BCUT2D eigenvalue weighted by atomic mass is 16.5. The maximum absolute atomic E-state index is 13.0. The zero-order valence-electron chi connectivity index (χ0n) is 18.1. The van der Waals surface area contributed by atoms with Gasteiger partial charge in [-0.05, 0) is 50.0 Å². The van der Waals surface area contributed by atoms with E-state index in [4.69, 9.17) is 4.74 Å². The maximum Gasteiger partial charge on any atom is 0.239 e. The van der Waals surface area contributed by atoms with Crippen molar-refractivity contribution in [3.63, 3.8) is 0 Å². The minimum Gasteiger partial charge on any atom is -0.381 e. The molecule has 0 spiro atoms. The molecule has 0 aromatic heterocycles. The Kier molecular flexibility index (Phi) is 7.22. The van der Waals surface area contributed by atoms with Gasteiger partial charge < -0.3 is 20.3 Å². The summed E-state index contributed by atoms with van der Waals surface area (Å²) >= 11 is 0. The first-order chi connectivity index (χ1) is 15.1. The third-order valence-electron chi connectivity index (χ3n) is 6.87. The average Bonchev–Trinajstić information content (AvgIpc) is 3.11. The first kappa shape index (κ1) is 21.8. The lowest BCUT2D eigenvalue weighted by Gasteiger charge is -2.29. The Bertz CT molecular complexity index is 778. The van der Waals surface area contributed by atoms with Crippen LogP contribution in [0, 0.1) is 17.8 Å². The van der Waals surface area contributed by atoms with Crippen LogP contribution in [0.3, 0.4) is 0 Å². The number of hydrogen-bond acceptors (Lipinski definition) is 4. The molecule has 3 amide bonds. The number of ether oxygens (including phenoxy) is 1. The monoisotopic (exact) mass is 427 g/mol. The van der Waals surface area contributed by atoms with E-state index in [1.807, 2.05) is 18.2 Å². The predicted molar refractivity (Wildman–Crippen MR) is 116 cm³/mol. The Balaban J connectivity index is 1.27. The van der Waals surface area contributed by atoms with E-state index in [1.165, 1.54) is 5.56 Å². The zero-order chi connectivity index (χ0) is 21.6. The summed E-state index contributed by atoms with van der Waals surface area (Å²) in [6.07, 6.45) is 4.65. The summed E-state index contributed by atoms with van der Waals surface area (Å²) in [6, 6.07) is 10.2. The molecule has 1 saturated carbocycles. The molecule has 168 valence electrons. The Morgan fingerprint density at radius 2 is 1.87 bits per heavy atom. The second-order valence-corrected chi connectivity index (χ2v) is 9.09. The van der Waals surface area contributed by atoms with Crippen LogP contribution in [0.25, 0.3) is 0 Å². The minimum absolute atomic E-state index is 0.0277. The summed E-state index contributed by atoms with van der Waals surface area (Å²) in [4.78, 5) is 39.8. The smallest absolute Gasteiger partial charge is 0.239 e. The lowest BCUT2D eigenvalue weighted by molar-refractivity contribution is -0.141. The molecule has 3 aliphatic rings. The number of hydrogen-bond donors (Lipinski definition) is 2. The second kappa shape index (κ2) is 10.3. The maximum atomic E-state index is 13.0. The first-order valence-electron chi connectivity index (χ1n) is 11.6. The Morgan fingerprint density at radius 1 is 1.10 bits per heavy atom. The standard InChI is InChI=1S/C24H33N3O4/c28-22-16-27(24(30)18-8-11-31-12-9-18)15-20-13-19(14-21(20)26-22)23(29)25-10-4-7-17-5-2-1-3-6-17/h1-3,5-6,18-21H,4,7-16H2,(H,25,29)(H,26,28)/t19-,20+,21+/m0/s1. The van der Waals surface area contributed by atoms with Gasteiger partial charge in [0, 0.05) is 44.2 Å². The highest BCUT2D eigenvalue weighted by Gasteiger charge is 2.42. The molecule has 2 saturated heterocycles. The number of fused-ring (bicyclic) bond motifs is 1. The van der Waals surface area contributed by atoms with E-state index in [0.29, 0.717) is 39.1 Å². The number of nitrogens with zero attached hydrogens (tertiary/aromatic N) is 1. The van der Waals surface area contributed by atoms with Gasteiger partial charge in [-0.3, -0.25) is 14.4 Å². The van der Waals surface area contributed by atoms with E-state index in [1.54, 1.807) is 4.90 Å². The highest BCUT2D eigenvalue weighted by molar-refractivity contribution is 5.87. The van der Waals surface area contributed by atoms with Crippen LogP contribution in [0.15, 0.2) is 30.3 Å². The first-order valence-corrected chi connectivity index (χ1v) is 11.6. The Labute approximate surface area is 183 Å². The van der Waals surface area contributed by atoms with Gasteiger partial charge in [-0.1, -0.05) is 30.3 Å². The molecule has 1 aromatic rings. The third-order valence-corrected chi connectivity index (χ3v) is 6.87. The van der Waals surface area contributed by atoms with Crippen molar-refractivity contribution in [1.29, 1.82) is 0 Å². The molecule has 7 heteroatoms. The summed E-state index contributed by atoms with van der Waals surface area (Å²) in [6.45, 7) is 2.54.